The molecule has 0 unspecified atom stereocenters. The molecule has 0 aliphatic heterocycles. The Morgan fingerprint density at radius 1 is 1.38 bits per heavy atom. The number of nitrogens with one attached hydrogen (secondary N) is 1. The van der Waals surface area contributed by atoms with Crippen molar-refractivity contribution in [2.75, 3.05) is 13.2 Å². The third-order valence-electron chi connectivity index (χ3n) is 3.71. The zero-order valence-electron chi connectivity index (χ0n) is 14.3. The van der Waals surface area contributed by atoms with E-state index in [9.17, 15) is 0 Å². The maximum atomic E-state index is 8.90. The molecule has 0 atom stereocenters. The number of hydrogen-bond donors (Lipinski definition) is 3. The molecule has 26 heavy (non-hydrogen) atoms. The second-order valence-electron chi connectivity index (χ2n) is 5.52. The summed E-state index contributed by atoms with van der Waals surface area (Å²) in [6.45, 7) is 4.45. The molecule has 1 aromatic carbocycles. The molecule has 0 saturated carbocycles. The van der Waals surface area contributed by atoms with Crippen molar-refractivity contribution in [3.05, 3.63) is 66.3 Å². The summed E-state index contributed by atoms with van der Waals surface area (Å²) in [5.41, 5.74) is 9.40. The van der Waals surface area contributed by atoms with Gasteiger partial charge in [0.05, 0.1) is 11.4 Å². The smallest absolute Gasteiger partial charge is 0.194 e. The minimum absolute atomic E-state index is 0.103. The SMILES string of the molecule is C=C/C=C(\N=C(/N)NCCCO)c1c(-c2ccccc2)nc2sccn12. The van der Waals surface area contributed by atoms with Crippen LogP contribution in [-0.2, 0) is 0 Å². The quantitative estimate of drug-likeness (QED) is 0.259. The molecule has 3 aromatic rings. The number of aromatic nitrogens is 2. The van der Waals surface area contributed by atoms with Gasteiger partial charge in [0, 0.05) is 30.3 Å². The maximum Gasteiger partial charge on any atom is 0.194 e. The summed E-state index contributed by atoms with van der Waals surface area (Å²) in [6.07, 6.45) is 6.07. The first kappa shape index (κ1) is 17.9. The Hall–Kier alpha value is -2.90. The molecule has 0 fully saturated rings. The number of guanidine groups is 1. The molecular weight excluding hydrogens is 346 g/mol. The number of benzene rings is 1. The molecule has 0 aliphatic carbocycles. The first-order valence-corrected chi connectivity index (χ1v) is 9.15. The molecular formula is C19H21N5OS. The number of imidazole rings is 1. The van der Waals surface area contributed by atoms with Crippen LogP contribution in [0.4, 0.5) is 0 Å². The lowest BCUT2D eigenvalue weighted by Crippen LogP contribution is -2.32. The number of fused-ring (bicyclic) bond motifs is 1. The topological polar surface area (TPSA) is 87.9 Å². The summed E-state index contributed by atoms with van der Waals surface area (Å²) in [7, 11) is 0. The van der Waals surface area contributed by atoms with Crippen molar-refractivity contribution in [1.29, 1.82) is 0 Å². The van der Waals surface area contributed by atoms with Crippen LogP contribution in [0.5, 0.6) is 0 Å². The zero-order chi connectivity index (χ0) is 18.4. The van der Waals surface area contributed by atoms with Gasteiger partial charge < -0.3 is 16.2 Å². The second kappa shape index (κ2) is 8.46. The normalized spacial score (nSPS) is 12.5. The summed E-state index contributed by atoms with van der Waals surface area (Å²) in [5.74, 6) is 0.288. The first-order chi connectivity index (χ1) is 12.7. The van der Waals surface area contributed by atoms with Gasteiger partial charge in [-0.15, -0.1) is 11.3 Å². The Morgan fingerprint density at radius 3 is 2.92 bits per heavy atom. The number of thiazole rings is 1. The van der Waals surface area contributed by atoms with Crippen molar-refractivity contribution in [2.24, 2.45) is 10.7 Å². The number of rotatable bonds is 7. The van der Waals surface area contributed by atoms with Gasteiger partial charge in [0.2, 0.25) is 0 Å². The summed E-state index contributed by atoms with van der Waals surface area (Å²) >= 11 is 1.56. The van der Waals surface area contributed by atoms with Gasteiger partial charge in [0.15, 0.2) is 10.9 Å². The molecule has 6 nitrogen and oxygen atoms in total. The predicted octanol–water partition coefficient (Wildman–Crippen LogP) is 2.88. The summed E-state index contributed by atoms with van der Waals surface area (Å²) in [4.78, 5) is 10.2. The van der Waals surface area contributed by atoms with Crippen molar-refractivity contribution in [1.82, 2.24) is 14.7 Å². The van der Waals surface area contributed by atoms with E-state index < -0.39 is 0 Å². The average Bonchev–Trinajstić information content (AvgIpc) is 3.23. The van der Waals surface area contributed by atoms with Crippen molar-refractivity contribution in [3.63, 3.8) is 0 Å². The summed E-state index contributed by atoms with van der Waals surface area (Å²) < 4.78 is 2.01. The highest BCUT2D eigenvalue weighted by Crippen LogP contribution is 2.32. The molecule has 0 spiro atoms. The molecule has 2 aromatic heterocycles. The second-order valence-corrected chi connectivity index (χ2v) is 6.39. The van der Waals surface area contributed by atoms with Crippen LogP contribution in [0.1, 0.15) is 12.1 Å². The zero-order valence-corrected chi connectivity index (χ0v) is 15.1. The third-order valence-corrected chi connectivity index (χ3v) is 4.47. The van der Waals surface area contributed by atoms with Gasteiger partial charge in [-0.05, 0) is 12.5 Å². The van der Waals surface area contributed by atoms with E-state index in [0.717, 1.165) is 21.9 Å². The van der Waals surface area contributed by atoms with Gasteiger partial charge >= 0.3 is 0 Å². The van der Waals surface area contributed by atoms with Gasteiger partial charge in [-0.3, -0.25) is 4.40 Å². The van der Waals surface area contributed by atoms with Gasteiger partial charge in [-0.2, -0.15) is 0 Å². The average molecular weight is 367 g/mol. The molecule has 134 valence electrons. The number of aliphatic hydroxyl groups excluding tert-OH is 1. The van der Waals surface area contributed by atoms with Gasteiger partial charge in [0.1, 0.15) is 5.69 Å². The summed E-state index contributed by atoms with van der Waals surface area (Å²) in [5, 5.41) is 13.9. The lowest BCUT2D eigenvalue weighted by Gasteiger charge is -2.08. The molecule has 0 radical (unpaired) electrons. The molecule has 0 bridgehead atoms. The van der Waals surface area contributed by atoms with Crippen molar-refractivity contribution in [3.8, 4) is 11.3 Å². The molecule has 0 aliphatic rings. The van der Waals surface area contributed by atoms with E-state index in [1.807, 2.05) is 52.4 Å². The Balaban J connectivity index is 2.08. The van der Waals surface area contributed by atoms with Crippen molar-refractivity contribution < 1.29 is 5.11 Å². The van der Waals surface area contributed by atoms with Crippen LogP contribution in [0.2, 0.25) is 0 Å². The summed E-state index contributed by atoms with van der Waals surface area (Å²) in [6, 6.07) is 9.99. The van der Waals surface area contributed by atoms with Crippen LogP contribution in [0.25, 0.3) is 21.9 Å². The van der Waals surface area contributed by atoms with Crippen molar-refractivity contribution >= 4 is 28.0 Å². The van der Waals surface area contributed by atoms with Crippen molar-refractivity contribution in [2.45, 2.75) is 6.42 Å². The first-order valence-electron chi connectivity index (χ1n) is 8.27. The molecule has 3 rings (SSSR count). The highest BCUT2D eigenvalue weighted by Gasteiger charge is 2.18. The van der Waals surface area contributed by atoms with Crippen LogP contribution in [0.3, 0.4) is 0 Å². The molecule has 7 heteroatoms. The number of nitrogens with two attached hydrogens (primary N) is 1. The van der Waals surface area contributed by atoms with Crippen LogP contribution in [0, 0.1) is 0 Å². The van der Waals surface area contributed by atoms with E-state index in [0.29, 0.717) is 18.7 Å². The Kier molecular flexibility index (Phi) is 5.83. The fourth-order valence-electron chi connectivity index (χ4n) is 2.57. The number of aliphatic hydroxyl groups is 1. The van der Waals surface area contributed by atoms with Crippen LogP contribution in [-0.4, -0.2) is 33.6 Å². The molecule has 2 heterocycles. The molecule has 0 saturated heterocycles. The number of allylic oxidation sites excluding steroid dienone is 2. The molecule has 0 amide bonds. The minimum Gasteiger partial charge on any atom is -0.396 e. The van der Waals surface area contributed by atoms with E-state index in [2.05, 4.69) is 16.9 Å². The monoisotopic (exact) mass is 367 g/mol. The third kappa shape index (κ3) is 3.84. The lowest BCUT2D eigenvalue weighted by molar-refractivity contribution is 0.289. The fraction of sp³-hybridized carbons (Fsp3) is 0.158. The predicted molar refractivity (Wildman–Crippen MR) is 108 cm³/mol. The van der Waals surface area contributed by atoms with Gasteiger partial charge in [0.25, 0.3) is 0 Å². The Morgan fingerprint density at radius 2 is 2.19 bits per heavy atom. The molecule has 4 N–H and O–H groups in total. The number of aliphatic imine (C=N–C) groups is 1. The van der Waals surface area contributed by atoms with E-state index >= 15 is 0 Å². The largest absolute Gasteiger partial charge is 0.396 e. The number of hydrogen-bond acceptors (Lipinski definition) is 4. The van der Waals surface area contributed by atoms with E-state index in [-0.39, 0.29) is 12.6 Å². The Bertz CT molecular complexity index is 939. The maximum absolute atomic E-state index is 8.90. The highest BCUT2D eigenvalue weighted by molar-refractivity contribution is 7.15. The fourth-order valence-corrected chi connectivity index (χ4v) is 3.29. The lowest BCUT2D eigenvalue weighted by atomic mass is 10.1. The van der Waals surface area contributed by atoms with E-state index in [1.54, 1.807) is 17.4 Å². The van der Waals surface area contributed by atoms with Crippen LogP contribution < -0.4 is 11.1 Å². The van der Waals surface area contributed by atoms with E-state index in [4.69, 9.17) is 15.8 Å². The number of nitrogens with zero attached hydrogens (tertiary/aromatic N) is 3. The van der Waals surface area contributed by atoms with Gasteiger partial charge in [-0.1, -0.05) is 43.0 Å². The van der Waals surface area contributed by atoms with Crippen LogP contribution >= 0.6 is 11.3 Å². The Labute approximate surface area is 156 Å². The highest BCUT2D eigenvalue weighted by atomic mass is 32.1. The van der Waals surface area contributed by atoms with E-state index in [1.165, 1.54) is 0 Å². The minimum atomic E-state index is 0.103. The van der Waals surface area contributed by atoms with Gasteiger partial charge in [-0.25, -0.2) is 9.98 Å². The standard InChI is InChI=1S/C19H21N5OS/c1-2-7-15(22-18(20)21-10-6-12-25)17-16(14-8-4-3-5-9-14)23-19-24(17)11-13-26-19/h2-5,7-9,11,13,25H,1,6,10,12H2,(H3,20,21,22)/b15-7-. The van der Waals surface area contributed by atoms with Crippen LogP contribution in [0.15, 0.2) is 65.6 Å².